The smallest absolute Gasteiger partial charge is 0.182 e. The Labute approximate surface area is 324 Å². The molecule has 0 amide bonds. The maximum absolute atomic E-state index is 5.10. The second-order valence-electron chi connectivity index (χ2n) is 14.9. The van der Waals surface area contributed by atoms with E-state index in [0.29, 0.717) is 23.2 Å². The predicted octanol–water partition coefficient (Wildman–Crippen LogP) is 11.3. The van der Waals surface area contributed by atoms with Crippen LogP contribution in [-0.4, -0.2) is 19.9 Å². The van der Waals surface area contributed by atoms with Crippen LogP contribution in [0.15, 0.2) is 194 Å². The van der Waals surface area contributed by atoms with E-state index in [1.807, 2.05) is 48.5 Å². The molecule has 2 heterocycles. The van der Waals surface area contributed by atoms with Gasteiger partial charge in [0.2, 0.25) is 0 Å². The molecule has 0 saturated heterocycles. The van der Waals surface area contributed by atoms with Gasteiger partial charge >= 0.3 is 0 Å². The van der Waals surface area contributed by atoms with E-state index in [0.717, 1.165) is 11.1 Å². The Morgan fingerprint density at radius 1 is 0.286 bits per heavy atom. The summed E-state index contributed by atoms with van der Waals surface area (Å²) in [5, 5.41) is 0. The Balaban J connectivity index is 1.14. The van der Waals surface area contributed by atoms with Gasteiger partial charge in [-0.3, -0.25) is 4.98 Å². The Morgan fingerprint density at radius 2 is 0.696 bits per heavy atom. The van der Waals surface area contributed by atoms with Gasteiger partial charge in [0.15, 0.2) is 17.5 Å². The highest BCUT2D eigenvalue weighted by atomic mass is 15.0. The van der Waals surface area contributed by atoms with Gasteiger partial charge in [0.1, 0.15) is 5.69 Å². The van der Waals surface area contributed by atoms with Crippen LogP contribution in [0.25, 0.3) is 56.5 Å². The van der Waals surface area contributed by atoms with Crippen LogP contribution in [0.2, 0.25) is 0 Å². The van der Waals surface area contributed by atoms with Gasteiger partial charge in [0.05, 0.1) is 10.8 Å². The van der Waals surface area contributed by atoms with E-state index in [4.69, 9.17) is 15.0 Å². The SMILES string of the molecule is c1ccc(-c2nc(-c3ccc4c(c3)-c3ccccc3C43c4ccccc4C4(c5ccccc5-c5ccccc54)c4ccccc43)nc(-c3ccccn3)n2)cc1. The monoisotopic (exact) mass is 712 g/mol. The van der Waals surface area contributed by atoms with Gasteiger partial charge in [0.25, 0.3) is 0 Å². The third kappa shape index (κ3) is 3.97. The molecule has 4 heteroatoms. The van der Waals surface area contributed by atoms with Gasteiger partial charge in [-0.25, -0.2) is 15.0 Å². The quantitative estimate of drug-likeness (QED) is 0.183. The summed E-state index contributed by atoms with van der Waals surface area (Å²) in [4.78, 5) is 19.7. The van der Waals surface area contributed by atoms with Crippen molar-refractivity contribution in [2.75, 3.05) is 0 Å². The highest BCUT2D eigenvalue weighted by molar-refractivity contribution is 5.94. The van der Waals surface area contributed by atoms with Crippen LogP contribution >= 0.6 is 0 Å². The summed E-state index contributed by atoms with van der Waals surface area (Å²) >= 11 is 0. The zero-order chi connectivity index (χ0) is 36.8. The van der Waals surface area contributed by atoms with Crippen molar-refractivity contribution in [1.82, 2.24) is 19.9 Å². The molecule has 2 spiro atoms. The molecule has 2 aromatic heterocycles. The van der Waals surface area contributed by atoms with Crippen LogP contribution in [0.4, 0.5) is 0 Å². The summed E-state index contributed by atoms with van der Waals surface area (Å²) in [5.41, 5.74) is 17.1. The lowest BCUT2D eigenvalue weighted by molar-refractivity contribution is 0.633. The first-order chi connectivity index (χ1) is 27.8. The number of hydrogen-bond donors (Lipinski definition) is 0. The summed E-state index contributed by atoms with van der Waals surface area (Å²) in [5.74, 6) is 1.78. The van der Waals surface area contributed by atoms with E-state index in [2.05, 4.69) is 145 Å². The van der Waals surface area contributed by atoms with Crippen molar-refractivity contribution in [1.29, 1.82) is 0 Å². The van der Waals surface area contributed by atoms with Gasteiger partial charge < -0.3 is 0 Å². The number of rotatable bonds is 3. The average Bonchev–Trinajstić information content (AvgIpc) is 3.74. The van der Waals surface area contributed by atoms with Crippen molar-refractivity contribution in [3.05, 3.63) is 239 Å². The average molecular weight is 713 g/mol. The lowest BCUT2D eigenvalue weighted by Crippen LogP contribution is -2.43. The fraction of sp³-hybridized carbons (Fsp3) is 0.0385. The van der Waals surface area contributed by atoms with Crippen molar-refractivity contribution in [2.24, 2.45) is 0 Å². The minimum Gasteiger partial charge on any atom is -0.253 e. The van der Waals surface area contributed by atoms with E-state index >= 15 is 0 Å². The summed E-state index contributed by atoms with van der Waals surface area (Å²) < 4.78 is 0. The standard InChI is InChI=1S/C52H32N4/c1-2-16-33(17-3-1)48-54-49(56-50(55-48)47-28-14-15-31-53-47)34-29-30-42-38(32-34)37-20-6-9-23-41(37)52(42)45-26-12-10-24-43(45)51(44-25-11-13-27-46(44)52)39-21-7-4-18-35(39)36-19-5-8-22-40(36)51/h1-32H. The molecular weight excluding hydrogens is 681 g/mol. The van der Waals surface area contributed by atoms with Crippen molar-refractivity contribution < 1.29 is 0 Å². The molecule has 0 aliphatic heterocycles. The molecule has 7 aromatic carbocycles. The summed E-state index contributed by atoms with van der Waals surface area (Å²) in [6.07, 6.45) is 1.78. The van der Waals surface area contributed by atoms with Crippen LogP contribution in [-0.2, 0) is 10.8 Å². The minimum atomic E-state index is -0.553. The van der Waals surface area contributed by atoms with E-state index in [-0.39, 0.29) is 0 Å². The van der Waals surface area contributed by atoms with E-state index in [9.17, 15) is 0 Å². The summed E-state index contributed by atoms with van der Waals surface area (Å²) in [7, 11) is 0. The molecule has 12 rings (SSSR count). The van der Waals surface area contributed by atoms with Crippen molar-refractivity contribution >= 4 is 0 Å². The van der Waals surface area contributed by atoms with Gasteiger partial charge in [-0.15, -0.1) is 0 Å². The van der Waals surface area contributed by atoms with E-state index in [1.165, 1.54) is 66.8 Å². The fourth-order valence-corrected chi connectivity index (χ4v) is 10.2. The zero-order valence-electron chi connectivity index (χ0n) is 30.3. The van der Waals surface area contributed by atoms with Crippen LogP contribution in [0.5, 0.6) is 0 Å². The van der Waals surface area contributed by atoms with Crippen LogP contribution in [0.1, 0.15) is 44.5 Å². The first-order valence-corrected chi connectivity index (χ1v) is 19.1. The molecule has 0 N–H and O–H groups in total. The normalized spacial score (nSPS) is 14.4. The van der Waals surface area contributed by atoms with E-state index < -0.39 is 10.8 Å². The molecule has 0 unspecified atom stereocenters. The molecule has 0 saturated carbocycles. The number of benzene rings is 7. The molecule has 0 fully saturated rings. The molecule has 9 aromatic rings. The molecule has 3 aliphatic rings. The molecule has 0 atom stereocenters. The topological polar surface area (TPSA) is 51.6 Å². The molecule has 0 radical (unpaired) electrons. The number of pyridine rings is 1. The number of aromatic nitrogens is 4. The first kappa shape index (κ1) is 31.1. The van der Waals surface area contributed by atoms with E-state index in [1.54, 1.807) is 6.20 Å². The zero-order valence-corrected chi connectivity index (χ0v) is 30.3. The van der Waals surface area contributed by atoms with Crippen LogP contribution in [0, 0.1) is 0 Å². The van der Waals surface area contributed by atoms with Crippen molar-refractivity contribution in [3.8, 4) is 56.5 Å². The van der Waals surface area contributed by atoms with Crippen LogP contribution < -0.4 is 0 Å². The second-order valence-corrected chi connectivity index (χ2v) is 14.9. The molecule has 260 valence electrons. The first-order valence-electron chi connectivity index (χ1n) is 19.1. The Hall–Kier alpha value is -7.30. The lowest BCUT2D eigenvalue weighted by Gasteiger charge is -2.48. The maximum Gasteiger partial charge on any atom is 0.182 e. The maximum atomic E-state index is 5.10. The van der Waals surface area contributed by atoms with Crippen LogP contribution in [0.3, 0.4) is 0 Å². The fourth-order valence-electron chi connectivity index (χ4n) is 10.2. The third-order valence-electron chi connectivity index (χ3n) is 12.3. The molecular formula is C52H32N4. The third-order valence-corrected chi connectivity index (χ3v) is 12.3. The number of hydrogen-bond acceptors (Lipinski definition) is 4. The predicted molar refractivity (Wildman–Crippen MR) is 222 cm³/mol. The molecule has 56 heavy (non-hydrogen) atoms. The van der Waals surface area contributed by atoms with Crippen molar-refractivity contribution in [3.63, 3.8) is 0 Å². The van der Waals surface area contributed by atoms with Gasteiger partial charge in [-0.05, 0) is 85.0 Å². The molecule has 3 aliphatic carbocycles. The van der Waals surface area contributed by atoms with Gasteiger partial charge in [-0.1, -0.05) is 170 Å². The second kappa shape index (κ2) is 11.6. The highest BCUT2D eigenvalue weighted by Crippen LogP contribution is 2.67. The molecule has 0 bridgehead atoms. The highest BCUT2D eigenvalue weighted by Gasteiger charge is 2.58. The molecule has 4 nitrogen and oxygen atoms in total. The minimum absolute atomic E-state index is 0.468. The Kier molecular flexibility index (Phi) is 6.44. The summed E-state index contributed by atoms with van der Waals surface area (Å²) in [6, 6.07) is 68.2. The Bertz CT molecular complexity index is 2890. The number of nitrogens with zero attached hydrogens (tertiary/aromatic N) is 4. The number of fused-ring (bicyclic) bond motifs is 16. The summed E-state index contributed by atoms with van der Waals surface area (Å²) in [6.45, 7) is 0. The van der Waals surface area contributed by atoms with Gasteiger partial charge in [-0.2, -0.15) is 0 Å². The Morgan fingerprint density at radius 3 is 1.21 bits per heavy atom. The van der Waals surface area contributed by atoms with Crippen molar-refractivity contribution in [2.45, 2.75) is 10.8 Å². The lowest BCUT2D eigenvalue weighted by atomic mass is 9.52. The van der Waals surface area contributed by atoms with Gasteiger partial charge in [0, 0.05) is 17.3 Å². The largest absolute Gasteiger partial charge is 0.253 e.